The molecular formula is C17H23N3O2. The lowest BCUT2D eigenvalue weighted by molar-refractivity contribution is -0.127. The van der Waals surface area contributed by atoms with Crippen LogP contribution in [0.2, 0.25) is 0 Å². The Labute approximate surface area is 130 Å². The fourth-order valence-corrected chi connectivity index (χ4v) is 4.05. The molecule has 118 valence electrons. The van der Waals surface area contributed by atoms with Gasteiger partial charge in [-0.1, -0.05) is 12.1 Å². The van der Waals surface area contributed by atoms with E-state index >= 15 is 0 Å². The summed E-state index contributed by atoms with van der Waals surface area (Å²) in [6.07, 6.45) is 4.11. The van der Waals surface area contributed by atoms with Crippen molar-refractivity contribution in [2.75, 3.05) is 6.54 Å². The fraction of sp³-hybridized carbons (Fsp3) is 0.529. The van der Waals surface area contributed by atoms with Crippen LogP contribution in [0.5, 0.6) is 0 Å². The number of primary amides is 1. The first-order valence-corrected chi connectivity index (χ1v) is 7.98. The Hall–Kier alpha value is -1.88. The van der Waals surface area contributed by atoms with Crippen LogP contribution in [-0.4, -0.2) is 24.4 Å². The van der Waals surface area contributed by atoms with Gasteiger partial charge in [0, 0.05) is 18.2 Å². The molecule has 2 bridgehead atoms. The van der Waals surface area contributed by atoms with E-state index in [1.807, 2.05) is 12.1 Å². The molecule has 0 aliphatic heterocycles. The predicted molar refractivity (Wildman–Crippen MR) is 84.0 cm³/mol. The summed E-state index contributed by atoms with van der Waals surface area (Å²) in [5, 5.41) is 3.00. The number of fused-ring (bicyclic) bond motifs is 2. The third kappa shape index (κ3) is 2.86. The lowest BCUT2D eigenvalue weighted by Crippen LogP contribution is -2.45. The maximum absolute atomic E-state index is 12.3. The molecule has 1 aromatic rings. The average molecular weight is 301 g/mol. The minimum Gasteiger partial charge on any atom is -0.366 e. The molecule has 2 amide bonds. The lowest BCUT2D eigenvalue weighted by Gasteiger charge is -2.27. The van der Waals surface area contributed by atoms with Crippen LogP contribution in [0.25, 0.3) is 0 Å². The summed E-state index contributed by atoms with van der Waals surface area (Å²) < 4.78 is 0. The van der Waals surface area contributed by atoms with E-state index in [4.69, 9.17) is 11.5 Å². The van der Waals surface area contributed by atoms with Gasteiger partial charge >= 0.3 is 0 Å². The average Bonchev–Trinajstić information content (AvgIpc) is 3.08. The normalized spacial score (nSPS) is 29.5. The molecule has 3 rings (SSSR count). The molecule has 4 unspecified atom stereocenters. The van der Waals surface area contributed by atoms with Crippen LogP contribution in [0.15, 0.2) is 24.3 Å². The van der Waals surface area contributed by atoms with Gasteiger partial charge in [-0.05, 0) is 55.2 Å². The minimum absolute atomic E-state index is 0.0179. The van der Waals surface area contributed by atoms with Crippen molar-refractivity contribution in [3.05, 3.63) is 35.4 Å². The molecule has 0 spiro atoms. The molecule has 0 heterocycles. The number of amides is 2. The fourth-order valence-electron chi connectivity index (χ4n) is 4.05. The number of rotatable bonds is 5. The molecule has 2 aliphatic carbocycles. The number of hydrogen-bond donors (Lipinski definition) is 3. The standard InChI is InChI=1S/C17H23N3O2/c18-15-12-5-4-11(9-12)14(15)17(22)20-7-6-10-2-1-3-13(8-10)16(19)21/h1-3,8,11-12,14-15H,4-7,9,18H2,(H2,19,21)(H,20,22). The maximum atomic E-state index is 12.3. The second kappa shape index (κ2) is 6.08. The molecule has 4 atom stereocenters. The van der Waals surface area contributed by atoms with Gasteiger partial charge in [0.25, 0.3) is 0 Å². The van der Waals surface area contributed by atoms with Crippen LogP contribution in [0.3, 0.4) is 0 Å². The third-order valence-corrected chi connectivity index (χ3v) is 5.21. The summed E-state index contributed by atoms with van der Waals surface area (Å²) in [5.74, 6) is 0.645. The Morgan fingerprint density at radius 3 is 2.68 bits per heavy atom. The third-order valence-electron chi connectivity index (χ3n) is 5.21. The smallest absolute Gasteiger partial charge is 0.248 e. The first-order valence-electron chi connectivity index (χ1n) is 7.98. The van der Waals surface area contributed by atoms with Crippen LogP contribution in [0.1, 0.15) is 35.2 Å². The highest BCUT2D eigenvalue weighted by Crippen LogP contribution is 2.47. The summed E-state index contributed by atoms with van der Waals surface area (Å²) in [6, 6.07) is 7.23. The van der Waals surface area contributed by atoms with E-state index in [1.165, 1.54) is 6.42 Å². The number of benzene rings is 1. The largest absolute Gasteiger partial charge is 0.366 e. The van der Waals surface area contributed by atoms with E-state index in [9.17, 15) is 9.59 Å². The second-order valence-electron chi connectivity index (χ2n) is 6.54. The zero-order valence-corrected chi connectivity index (χ0v) is 12.6. The van der Waals surface area contributed by atoms with Crippen molar-refractivity contribution < 1.29 is 9.59 Å². The zero-order valence-electron chi connectivity index (χ0n) is 12.6. The van der Waals surface area contributed by atoms with E-state index in [-0.39, 0.29) is 17.9 Å². The first-order chi connectivity index (χ1) is 10.6. The Bertz CT molecular complexity index is 585. The van der Waals surface area contributed by atoms with Crippen molar-refractivity contribution in [1.29, 1.82) is 0 Å². The molecule has 1 aromatic carbocycles. The summed E-state index contributed by atoms with van der Waals surface area (Å²) in [6.45, 7) is 0.557. The molecule has 2 saturated carbocycles. The molecule has 0 radical (unpaired) electrons. The zero-order chi connectivity index (χ0) is 15.7. The van der Waals surface area contributed by atoms with E-state index in [0.717, 1.165) is 18.4 Å². The molecule has 0 aromatic heterocycles. The summed E-state index contributed by atoms with van der Waals surface area (Å²) in [7, 11) is 0. The first kappa shape index (κ1) is 15.0. The highest BCUT2D eigenvalue weighted by atomic mass is 16.2. The van der Waals surface area contributed by atoms with Gasteiger partial charge in [-0.3, -0.25) is 9.59 Å². The molecular weight excluding hydrogens is 278 g/mol. The quantitative estimate of drug-likeness (QED) is 0.751. The van der Waals surface area contributed by atoms with Gasteiger partial charge in [0.1, 0.15) is 0 Å². The minimum atomic E-state index is -0.432. The Morgan fingerprint density at radius 2 is 2.00 bits per heavy atom. The van der Waals surface area contributed by atoms with Crippen LogP contribution in [0, 0.1) is 17.8 Å². The van der Waals surface area contributed by atoms with Crippen molar-refractivity contribution in [1.82, 2.24) is 5.32 Å². The summed E-state index contributed by atoms with van der Waals surface area (Å²) >= 11 is 0. The van der Waals surface area contributed by atoms with Crippen molar-refractivity contribution >= 4 is 11.8 Å². The van der Waals surface area contributed by atoms with Crippen LogP contribution < -0.4 is 16.8 Å². The Balaban J connectivity index is 1.52. The second-order valence-corrected chi connectivity index (χ2v) is 6.54. The highest BCUT2D eigenvalue weighted by Gasteiger charge is 2.48. The van der Waals surface area contributed by atoms with E-state index in [2.05, 4.69) is 5.32 Å². The number of nitrogens with one attached hydrogen (secondary N) is 1. The van der Waals surface area contributed by atoms with E-state index in [0.29, 0.717) is 30.4 Å². The van der Waals surface area contributed by atoms with Crippen LogP contribution >= 0.6 is 0 Å². The van der Waals surface area contributed by atoms with Crippen molar-refractivity contribution in [3.63, 3.8) is 0 Å². The van der Waals surface area contributed by atoms with Gasteiger partial charge in [-0.25, -0.2) is 0 Å². The monoisotopic (exact) mass is 301 g/mol. The van der Waals surface area contributed by atoms with Gasteiger partial charge in [-0.15, -0.1) is 0 Å². The summed E-state index contributed by atoms with van der Waals surface area (Å²) in [5.41, 5.74) is 13.0. The molecule has 5 N–H and O–H groups in total. The SMILES string of the molecule is NC(=O)c1cccc(CCNC(=O)C2C3CCC(C3)C2N)c1. The van der Waals surface area contributed by atoms with Crippen LogP contribution in [-0.2, 0) is 11.2 Å². The number of carbonyl (C=O) groups is 2. The van der Waals surface area contributed by atoms with Gasteiger partial charge in [0.2, 0.25) is 11.8 Å². The topological polar surface area (TPSA) is 98.2 Å². The lowest BCUT2D eigenvalue weighted by atomic mass is 9.84. The molecule has 5 heteroatoms. The van der Waals surface area contributed by atoms with Crippen molar-refractivity contribution in [2.45, 2.75) is 31.7 Å². The number of nitrogens with two attached hydrogens (primary N) is 2. The van der Waals surface area contributed by atoms with Crippen molar-refractivity contribution in [2.24, 2.45) is 29.2 Å². The predicted octanol–water partition coefficient (Wildman–Crippen LogP) is 0.818. The molecule has 2 fully saturated rings. The van der Waals surface area contributed by atoms with Gasteiger partial charge in [0.05, 0.1) is 5.92 Å². The highest BCUT2D eigenvalue weighted by molar-refractivity contribution is 5.92. The molecule has 0 saturated heterocycles. The molecule has 22 heavy (non-hydrogen) atoms. The Morgan fingerprint density at radius 1 is 1.23 bits per heavy atom. The van der Waals surface area contributed by atoms with Gasteiger partial charge < -0.3 is 16.8 Å². The number of hydrogen-bond acceptors (Lipinski definition) is 3. The van der Waals surface area contributed by atoms with Gasteiger partial charge in [-0.2, -0.15) is 0 Å². The van der Waals surface area contributed by atoms with E-state index < -0.39 is 5.91 Å². The number of carbonyl (C=O) groups excluding carboxylic acids is 2. The summed E-state index contributed by atoms with van der Waals surface area (Å²) in [4.78, 5) is 23.5. The molecule has 5 nitrogen and oxygen atoms in total. The van der Waals surface area contributed by atoms with Crippen molar-refractivity contribution in [3.8, 4) is 0 Å². The molecule has 2 aliphatic rings. The maximum Gasteiger partial charge on any atom is 0.248 e. The van der Waals surface area contributed by atoms with Crippen LogP contribution in [0.4, 0.5) is 0 Å². The Kier molecular flexibility index (Phi) is 4.16. The van der Waals surface area contributed by atoms with E-state index in [1.54, 1.807) is 12.1 Å². The van der Waals surface area contributed by atoms with Gasteiger partial charge in [0.15, 0.2) is 0 Å².